The molecule has 0 aromatic carbocycles. The molecule has 2 aromatic rings. The van der Waals surface area contributed by atoms with Crippen LogP contribution in [0.4, 0.5) is 0 Å². The number of furan rings is 1. The zero-order valence-corrected chi connectivity index (χ0v) is 13.7. The highest BCUT2D eigenvalue weighted by molar-refractivity contribution is 8.00. The standard InChI is InChI=1S/C15H20N4O2S/c1-11(14(20)19-8-4-3-5-9-19)22-15-17-16-13(18(15)2)12-7-6-10-21-12/h6-7,10-11H,3-5,8-9H2,1-2H3/t11-/m0/s1. The van der Waals surface area contributed by atoms with Crippen LogP contribution in [0.1, 0.15) is 26.2 Å². The number of amides is 1. The van der Waals surface area contributed by atoms with E-state index in [1.54, 1.807) is 6.26 Å². The van der Waals surface area contributed by atoms with Gasteiger partial charge in [-0.15, -0.1) is 10.2 Å². The van der Waals surface area contributed by atoms with E-state index in [4.69, 9.17) is 4.42 Å². The third-order valence-corrected chi connectivity index (χ3v) is 5.00. The van der Waals surface area contributed by atoms with Crippen LogP contribution in [-0.4, -0.2) is 43.9 Å². The van der Waals surface area contributed by atoms with Crippen molar-refractivity contribution < 1.29 is 9.21 Å². The first-order valence-electron chi connectivity index (χ1n) is 7.55. The molecule has 0 N–H and O–H groups in total. The molecule has 0 unspecified atom stereocenters. The molecule has 1 saturated heterocycles. The van der Waals surface area contributed by atoms with Crippen LogP contribution < -0.4 is 0 Å². The topological polar surface area (TPSA) is 64.2 Å². The van der Waals surface area contributed by atoms with Gasteiger partial charge < -0.3 is 13.9 Å². The first kappa shape index (κ1) is 15.1. The highest BCUT2D eigenvalue weighted by atomic mass is 32.2. The minimum Gasteiger partial charge on any atom is -0.461 e. The summed E-state index contributed by atoms with van der Waals surface area (Å²) in [6.07, 6.45) is 5.05. The van der Waals surface area contributed by atoms with Gasteiger partial charge in [-0.3, -0.25) is 4.79 Å². The van der Waals surface area contributed by atoms with Crippen LogP contribution in [0.15, 0.2) is 28.0 Å². The summed E-state index contributed by atoms with van der Waals surface area (Å²) in [7, 11) is 1.89. The summed E-state index contributed by atoms with van der Waals surface area (Å²) in [6, 6.07) is 3.67. The van der Waals surface area contributed by atoms with Crippen LogP contribution in [0.25, 0.3) is 11.6 Å². The highest BCUT2D eigenvalue weighted by Crippen LogP contribution is 2.27. The molecule has 0 saturated carbocycles. The largest absolute Gasteiger partial charge is 0.461 e. The molecule has 1 atom stereocenters. The lowest BCUT2D eigenvalue weighted by atomic mass is 10.1. The Morgan fingerprint density at radius 3 is 2.77 bits per heavy atom. The van der Waals surface area contributed by atoms with E-state index < -0.39 is 0 Å². The maximum absolute atomic E-state index is 12.5. The normalized spacial score (nSPS) is 16.7. The van der Waals surface area contributed by atoms with Crippen molar-refractivity contribution in [2.45, 2.75) is 36.6 Å². The average molecular weight is 320 g/mol. The Morgan fingerprint density at radius 2 is 2.09 bits per heavy atom. The Hall–Kier alpha value is -1.76. The fourth-order valence-corrected chi connectivity index (χ4v) is 3.52. The Kier molecular flexibility index (Phi) is 4.52. The molecule has 1 amide bonds. The monoisotopic (exact) mass is 320 g/mol. The van der Waals surface area contributed by atoms with Gasteiger partial charge in [-0.1, -0.05) is 11.8 Å². The number of nitrogens with zero attached hydrogens (tertiary/aromatic N) is 4. The maximum Gasteiger partial charge on any atom is 0.235 e. The van der Waals surface area contributed by atoms with Crippen LogP contribution in [0, 0.1) is 0 Å². The molecule has 7 heteroatoms. The van der Waals surface area contributed by atoms with Gasteiger partial charge in [0, 0.05) is 20.1 Å². The Labute approximate surface area is 133 Å². The van der Waals surface area contributed by atoms with Gasteiger partial charge in [0.15, 0.2) is 16.7 Å². The fraction of sp³-hybridized carbons (Fsp3) is 0.533. The van der Waals surface area contributed by atoms with Gasteiger partial charge >= 0.3 is 0 Å². The van der Waals surface area contributed by atoms with Gasteiger partial charge in [-0.05, 0) is 38.3 Å². The lowest BCUT2D eigenvalue weighted by Gasteiger charge is -2.28. The van der Waals surface area contributed by atoms with Crippen LogP contribution in [0.2, 0.25) is 0 Å². The molecule has 2 aromatic heterocycles. The number of carbonyl (C=O) groups is 1. The second-order valence-corrected chi connectivity index (χ2v) is 6.80. The van der Waals surface area contributed by atoms with Gasteiger partial charge in [-0.25, -0.2) is 0 Å². The number of carbonyl (C=O) groups excluding carboxylic acids is 1. The van der Waals surface area contributed by atoms with Crippen LogP contribution in [-0.2, 0) is 11.8 Å². The van der Waals surface area contributed by atoms with Crippen molar-refractivity contribution in [1.29, 1.82) is 0 Å². The van der Waals surface area contributed by atoms with Crippen LogP contribution >= 0.6 is 11.8 Å². The van der Waals surface area contributed by atoms with E-state index >= 15 is 0 Å². The molecule has 1 aliphatic heterocycles. The molecular weight excluding hydrogens is 300 g/mol. The minimum absolute atomic E-state index is 0.162. The lowest BCUT2D eigenvalue weighted by Crippen LogP contribution is -2.40. The Bertz CT molecular complexity index is 632. The molecule has 1 aliphatic rings. The summed E-state index contributed by atoms with van der Waals surface area (Å²) < 4.78 is 7.22. The zero-order valence-electron chi connectivity index (χ0n) is 12.9. The molecule has 1 fully saturated rings. The van der Waals surface area contributed by atoms with Gasteiger partial charge in [0.25, 0.3) is 0 Å². The van der Waals surface area contributed by atoms with E-state index in [-0.39, 0.29) is 11.2 Å². The number of aromatic nitrogens is 3. The molecule has 0 bridgehead atoms. The fourth-order valence-electron chi connectivity index (χ4n) is 2.62. The van der Waals surface area contributed by atoms with Crippen molar-refractivity contribution >= 4 is 17.7 Å². The van der Waals surface area contributed by atoms with Crippen molar-refractivity contribution in [1.82, 2.24) is 19.7 Å². The highest BCUT2D eigenvalue weighted by Gasteiger charge is 2.25. The predicted octanol–water partition coefficient (Wildman–Crippen LogP) is 2.57. The number of hydrogen-bond donors (Lipinski definition) is 0. The molecular formula is C15H20N4O2S. The summed E-state index contributed by atoms with van der Waals surface area (Å²) in [5, 5.41) is 8.91. The van der Waals surface area contributed by atoms with Gasteiger partial charge in [0.1, 0.15) is 0 Å². The summed E-state index contributed by atoms with van der Waals surface area (Å²) in [5.41, 5.74) is 0. The van der Waals surface area contributed by atoms with Crippen LogP contribution in [0.3, 0.4) is 0 Å². The SMILES string of the molecule is C[C@H](Sc1nnc(-c2ccco2)n1C)C(=O)N1CCCCC1. The minimum atomic E-state index is -0.162. The van der Waals surface area contributed by atoms with E-state index in [2.05, 4.69) is 10.2 Å². The van der Waals surface area contributed by atoms with E-state index in [1.165, 1.54) is 18.2 Å². The smallest absolute Gasteiger partial charge is 0.235 e. The van der Waals surface area contributed by atoms with Gasteiger partial charge in [0.05, 0.1) is 11.5 Å². The van der Waals surface area contributed by atoms with E-state index in [9.17, 15) is 4.79 Å². The number of piperidine rings is 1. The molecule has 0 radical (unpaired) electrons. The zero-order chi connectivity index (χ0) is 15.5. The van der Waals surface area contributed by atoms with Crippen molar-refractivity contribution in [2.75, 3.05) is 13.1 Å². The van der Waals surface area contributed by atoms with Gasteiger partial charge in [-0.2, -0.15) is 0 Å². The van der Waals surface area contributed by atoms with Crippen molar-refractivity contribution in [3.63, 3.8) is 0 Å². The third-order valence-electron chi connectivity index (χ3n) is 3.87. The van der Waals surface area contributed by atoms with Gasteiger partial charge in [0.2, 0.25) is 5.91 Å². The molecule has 0 spiro atoms. The molecule has 118 valence electrons. The third kappa shape index (κ3) is 3.04. The Balaban J connectivity index is 1.69. The summed E-state index contributed by atoms with van der Waals surface area (Å²) in [4.78, 5) is 14.4. The van der Waals surface area contributed by atoms with E-state index in [0.717, 1.165) is 31.1 Å². The number of rotatable bonds is 4. The van der Waals surface area contributed by atoms with Crippen molar-refractivity contribution in [2.24, 2.45) is 7.05 Å². The lowest BCUT2D eigenvalue weighted by molar-refractivity contribution is -0.131. The first-order chi connectivity index (χ1) is 10.7. The summed E-state index contributed by atoms with van der Waals surface area (Å²) >= 11 is 1.45. The molecule has 3 heterocycles. The second kappa shape index (κ2) is 6.56. The van der Waals surface area contributed by atoms with E-state index in [0.29, 0.717) is 11.6 Å². The first-order valence-corrected chi connectivity index (χ1v) is 8.43. The molecule has 3 rings (SSSR count). The summed E-state index contributed by atoms with van der Waals surface area (Å²) in [6.45, 7) is 3.68. The number of hydrogen-bond acceptors (Lipinski definition) is 5. The van der Waals surface area contributed by atoms with Crippen LogP contribution in [0.5, 0.6) is 0 Å². The second-order valence-electron chi connectivity index (χ2n) is 5.49. The maximum atomic E-state index is 12.5. The molecule has 6 nitrogen and oxygen atoms in total. The van der Waals surface area contributed by atoms with Crippen molar-refractivity contribution in [3.05, 3.63) is 18.4 Å². The predicted molar refractivity (Wildman–Crippen MR) is 84.5 cm³/mol. The van der Waals surface area contributed by atoms with Crippen molar-refractivity contribution in [3.8, 4) is 11.6 Å². The summed E-state index contributed by atoms with van der Waals surface area (Å²) in [5.74, 6) is 1.54. The van der Waals surface area contributed by atoms with E-state index in [1.807, 2.05) is 35.6 Å². The number of likely N-dealkylation sites (tertiary alicyclic amines) is 1. The average Bonchev–Trinajstić information content (AvgIpc) is 3.18. The molecule has 0 aliphatic carbocycles. The Morgan fingerprint density at radius 1 is 1.32 bits per heavy atom. The quantitative estimate of drug-likeness (QED) is 0.810. The number of thioether (sulfide) groups is 1. The molecule has 22 heavy (non-hydrogen) atoms.